The monoisotopic (exact) mass is 749 g/mol. The number of hydrogen-bond donors (Lipinski definition) is 4. The van der Waals surface area contributed by atoms with Gasteiger partial charge < -0.3 is 31.1 Å². The van der Waals surface area contributed by atoms with Gasteiger partial charge in [-0.05, 0) is 67.5 Å². The first-order chi connectivity index (χ1) is 25.7. The molecule has 1 amide bonds. The lowest BCUT2D eigenvalue weighted by molar-refractivity contribution is -0.142. The quantitative estimate of drug-likeness (QED) is 0.120. The number of phenols is 1. The fourth-order valence-corrected chi connectivity index (χ4v) is 8.26. The van der Waals surface area contributed by atoms with Crippen LogP contribution in [-0.4, -0.2) is 73.8 Å². The molecule has 0 bridgehead atoms. The van der Waals surface area contributed by atoms with Gasteiger partial charge in [0, 0.05) is 49.8 Å². The minimum Gasteiger partial charge on any atom is -0.507 e. The summed E-state index contributed by atoms with van der Waals surface area (Å²) in [5.41, 5.74) is 14.3. The number of benzene rings is 2. The molecular formula is C42H51N7O4S. The van der Waals surface area contributed by atoms with Crippen LogP contribution >= 0.6 is 11.3 Å². The van der Waals surface area contributed by atoms with E-state index in [2.05, 4.69) is 63.2 Å². The highest BCUT2D eigenvalue weighted by molar-refractivity contribution is 7.13. The molecule has 4 heterocycles. The lowest BCUT2D eigenvalue weighted by atomic mass is 9.76. The van der Waals surface area contributed by atoms with E-state index >= 15 is 0 Å². The summed E-state index contributed by atoms with van der Waals surface area (Å²) in [6.07, 6.45) is 2.80. The number of hydrogen-bond acceptors (Lipinski definition) is 11. The van der Waals surface area contributed by atoms with E-state index in [0.717, 1.165) is 33.0 Å². The van der Waals surface area contributed by atoms with E-state index in [1.54, 1.807) is 40.5 Å². The maximum atomic E-state index is 14.3. The number of piperidine rings is 1. The Morgan fingerprint density at radius 2 is 1.81 bits per heavy atom. The Morgan fingerprint density at radius 3 is 2.46 bits per heavy atom. The fraction of sp³-hybridized carbons (Fsp3) is 0.405. The maximum absolute atomic E-state index is 14.3. The highest BCUT2D eigenvalue weighted by atomic mass is 32.1. The number of likely N-dealkylation sites (tertiary alicyclic amines) is 1. The Hall–Kier alpha value is -5.07. The lowest BCUT2D eigenvalue weighted by Gasteiger charge is -2.36. The van der Waals surface area contributed by atoms with Crippen LogP contribution in [0.25, 0.3) is 21.7 Å². The van der Waals surface area contributed by atoms with E-state index in [1.165, 1.54) is 0 Å². The number of anilines is 2. The Bertz CT molecular complexity index is 2030. The van der Waals surface area contributed by atoms with Gasteiger partial charge in [-0.15, -0.1) is 21.5 Å². The zero-order chi connectivity index (χ0) is 38.7. The predicted octanol–water partition coefficient (Wildman–Crippen LogP) is 6.84. The Labute approximate surface area is 321 Å². The molecule has 2 saturated heterocycles. The molecule has 12 heteroatoms. The number of rotatable bonds is 11. The molecule has 5 N–H and O–H groups in total. The van der Waals surface area contributed by atoms with E-state index in [4.69, 9.17) is 5.73 Å². The van der Waals surface area contributed by atoms with Gasteiger partial charge in [-0.2, -0.15) is 0 Å². The molecule has 6 rings (SSSR count). The average Bonchev–Trinajstić information content (AvgIpc) is 3.76. The molecule has 0 radical (unpaired) electrons. The van der Waals surface area contributed by atoms with Crippen LogP contribution in [0.5, 0.6) is 5.75 Å². The second-order valence-corrected chi connectivity index (χ2v) is 16.4. The highest BCUT2D eigenvalue weighted by Crippen LogP contribution is 2.37. The molecule has 0 spiro atoms. The van der Waals surface area contributed by atoms with Crippen LogP contribution in [-0.2, 0) is 9.59 Å². The molecule has 284 valence electrons. The number of amides is 1. The molecule has 2 aromatic carbocycles. The summed E-state index contributed by atoms with van der Waals surface area (Å²) in [6, 6.07) is 16.7. The molecule has 4 atom stereocenters. The zero-order valence-corrected chi connectivity index (χ0v) is 32.6. The molecule has 0 saturated carbocycles. The number of nitrogens with zero attached hydrogens (tertiary/aromatic N) is 5. The molecule has 2 aliphatic heterocycles. The fourth-order valence-electron chi connectivity index (χ4n) is 7.44. The minimum absolute atomic E-state index is 0.0713. The molecule has 0 unspecified atom stereocenters. The van der Waals surface area contributed by atoms with Gasteiger partial charge in [0.2, 0.25) is 5.91 Å². The Kier molecular flexibility index (Phi) is 11.5. The number of allylic oxidation sites excluding steroid dienone is 1. The normalized spacial score (nSPS) is 18.7. The van der Waals surface area contributed by atoms with Crippen LogP contribution in [0.2, 0.25) is 0 Å². The number of aliphatic hydroxyl groups is 1. The number of aliphatic hydroxyl groups excluding tert-OH is 1. The van der Waals surface area contributed by atoms with Crippen molar-refractivity contribution in [2.45, 2.75) is 78.5 Å². The predicted molar refractivity (Wildman–Crippen MR) is 215 cm³/mol. The second kappa shape index (κ2) is 16.1. The summed E-state index contributed by atoms with van der Waals surface area (Å²) in [5.74, 6) is -0.398. The van der Waals surface area contributed by atoms with Crippen LogP contribution < -0.4 is 16.0 Å². The maximum Gasteiger partial charge on any atom is 0.227 e. The number of aromatic nitrogens is 3. The van der Waals surface area contributed by atoms with Gasteiger partial charge in [0.15, 0.2) is 11.6 Å². The Balaban J connectivity index is 1.09. The van der Waals surface area contributed by atoms with Gasteiger partial charge >= 0.3 is 0 Å². The third kappa shape index (κ3) is 8.66. The number of carbonyl (C=O) groups excluding carboxylic acids is 2. The van der Waals surface area contributed by atoms with E-state index in [-0.39, 0.29) is 36.4 Å². The van der Waals surface area contributed by atoms with Crippen LogP contribution in [0.4, 0.5) is 11.5 Å². The smallest absolute Gasteiger partial charge is 0.227 e. The van der Waals surface area contributed by atoms with E-state index < -0.39 is 23.5 Å². The van der Waals surface area contributed by atoms with Crippen molar-refractivity contribution in [1.82, 2.24) is 25.4 Å². The standard InChI is InChI=1S/C42H51N7O4S/c1-25(29-11-13-30(14-12-29)39-27(3)44-24-54-39)45-26(2)36-21-32(51)23-49(36)41(53)34(42(4,5)6)20-31(50)19-28-15-17-48(18-16-28)37-22-35(46-47-40(37)43)33-9-7-8-10-38(33)52/h7-14,19,22,24-25,32,34,36,45,51-52H,2,15-18,20-21,23H2,1,3-6H3,(H2,43,47)/t25-,32+,34+,36-/m0/s1. The van der Waals surface area contributed by atoms with Crippen molar-refractivity contribution >= 4 is 34.5 Å². The van der Waals surface area contributed by atoms with Gasteiger partial charge in [-0.3, -0.25) is 9.59 Å². The molecular weight excluding hydrogens is 699 g/mol. The topological polar surface area (TPSA) is 158 Å². The number of β-amino-alcohol motifs (C(OH)–C–C–N with tert-alkyl or cyclic N) is 1. The number of nitrogens with two attached hydrogens (primary N) is 1. The number of carbonyl (C=O) groups is 2. The molecule has 2 aromatic heterocycles. The van der Waals surface area contributed by atoms with Gasteiger partial charge in [0.1, 0.15) is 5.75 Å². The first-order valence-corrected chi connectivity index (χ1v) is 19.4. The van der Waals surface area contributed by atoms with Crippen molar-refractivity contribution in [2.75, 3.05) is 30.3 Å². The van der Waals surface area contributed by atoms with Crippen molar-refractivity contribution in [1.29, 1.82) is 0 Å². The number of para-hydroxylation sites is 1. The molecule has 2 aliphatic rings. The number of ketones is 1. The van der Waals surface area contributed by atoms with Gasteiger partial charge in [-0.25, -0.2) is 4.98 Å². The number of nitrogen functional groups attached to an aromatic ring is 1. The third-order valence-corrected chi connectivity index (χ3v) is 11.6. The summed E-state index contributed by atoms with van der Waals surface area (Å²) >= 11 is 1.62. The zero-order valence-electron chi connectivity index (χ0n) is 31.7. The average molecular weight is 750 g/mol. The largest absolute Gasteiger partial charge is 0.507 e. The SMILES string of the molecule is C=C(N[C@@H](C)c1ccc(-c2scnc2C)cc1)[C@@H]1C[C@@H](O)CN1C(=O)[C@@H](CC(=O)C=C1CCN(c2cc(-c3ccccc3O)nnc2N)CC1)C(C)(C)C. The van der Waals surface area contributed by atoms with E-state index in [9.17, 15) is 19.8 Å². The summed E-state index contributed by atoms with van der Waals surface area (Å²) in [4.78, 5) is 37.3. The first kappa shape index (κ1) is 38.6. The van der Waals surface area contributed by atoms with Crippen molar-refractivity contribution < 1.29 is 19.8 Å². The molecule has 4 aromatic rings. The van der Waals surface area contributed by atoms with Crippen molar-refractivity contribution in [3.05, 3.63) is 95.3 Å². The van der Waals surface area contributed by atoms with Crippen LogP contribution in [0, 0.1) is 18.3 Å². The Morgan fingerprint density at radius 1 is 1.11 bits per heavy atom. The number of aryl methyl sites for hydroxylation is 1. The summed E-state index contributed by atoms with van der Waals surface area (Å²) in [7, 11) is 0. The second-order valence-electron chi connectivity index (χ2n) is 15.6. The third-order valence-electron chi connectivity index (χ3n) is 10.6. The van der Waals surface area contributed by atoms with Crippen molar-refractivity contribution in [3.63, 3.8) is 0 Å². The number of nitrogens with one attached hydrogen (secondary N) is 1. The van der Waals surface area contributed by atoms with Gasteiger partial charge in [0.25, 0.3) is 0 Å². The first-order valence-electron chi connectivity index (χ1n) is 18.5. The van der Waals surface area contributed by atoms with Crippen molar-refractivity contribution in [3.8, 4) is 27.4 Å². The van der Waals surface area contributed by atoms with Gasteiger partial charge in [0.05, 0.1) is 45.5 Å². The van der Waals surface area contributed by atoms with Crippen LogP contribution in [0.15, 0.2) is 84.0 Å². The minimum atomic E-state index is -0.683. The number of phenolic OH excluding ortho intramolecular Hbond substituents is 1. The van der Waals surface area contributed by atoms with E-state index in [1.807, 2.05) is 45.3 Å². The van der Waals surface area contributed by atoms with Gasteiger partial charge in [-0.1, -0.05) is 69.3 Å². The van der Waals surface area contributed by atoms with Crippen molar-refractivity contribution in [2.24, 2.45) is 11.3 Å². The summed E-state index contributed by atoms with van der Waals surface area (Å²) < 4.78 is 0. The summed E-state index contributed by atoms with van der Waals surface area (Å²) in [6.45, 7) is 15.8. The summed E-state index contributed by atoms with van der Waals surface area (Å²) in [5, 5.41) is 32.9. The molecule has 11 nitrogen and oxygen atoms in total. The van der Waals surface area contributed by atoms with Crippen LogP contribution in [0.1, 0.15) is 70.7 Å². The number of thiazole rings is 1. The lowest BCUT2D eigenvalue weighted by Crippen LogP contribution is -2.46. The number of aromatic hydroxyl groups is 1. The molecule has 2 fully saturated rings. The highest BCUT2D eigenvalue weighted by Gasteiger charge is 2.43. The van der Waals surface area contributed by atoms with Crippen LogP contribution in [0.3, 0.4) is 0 Å². The molecule has 0 aliphatic carbocycles. The van der Waals surface area contributed by atoms with E-state index in [0.29, 0.717) is 55.1 Å². The molecule has 54 heavy (non-hydrogen) atoms.